The highest BCUT2D eigenvalue weighted by atomic mass is 79.9. The molecule has 0 amide bonds. The molecule has 1 heterocycles. The van der Waals surface area contributed by atoms with E-state index in [0.717, 1.165) is 15.4 Å². The fourth-order valence-electron chi connectivity index (χ4n) is 1.82. The molecule has 0 aliphatic rings. The van der Waals surface area contributed by atoms with Crippen molar-refractivity contribution in [1.29, 1.82) is 0 Å². The molecule has 0 aliphatic carbocycles. The van der Waals surface area contributed by atoms with Gasteiger partial charge in [-0.05, 0) is 42.4 Å². The molecule has 0 radical (unpaired) electrons. The van der Waals surface area contributed by atoms with Gasteiger partial charge in [0.15, 0.2) is 8.32 Å². The minimum Gasteiger partial charge on any atom is -0.475 e. The van der Waals surface area contributed by atoms with Crippen LogP contribution < -0.4 is 4.74 Å². The molecule has 1 aromatic heterocycles. The van der Waals surface area contributed by atoms with Gasteiger partial charge in [-0.1, -0.05) is 36.7 Å². The van der Waals surface area contributed by atoms with Crippen LogP contribution in [-0.4, -0.2) is 26.5 Å². The molecule has 5 heteroatoms. The summed E-state index contributed by atoms with van der Waals surface area (Å²) in [6.07, 6.45) is 0. The molecule has 0 saturated carbocycles. The van der Waals surface area contributed by atoms with Gasteiger partial charge in [0.2, 0.25) is 5.88 Å². The first kappa shape index (κ1) is 17.4. The Morgan fingerprint density at radius 1 is 1.09 bits per heavy atom. The molecular weight excluding hydrogens is 358 g/mol. The first-order valence-corrected chi connectivity index (χ1v) is 11.2. The summed E-state index contributed by atoms with van der Waals surface area (Å²) in [6, 6.07) is 9.95. The monoisotopic (exact) mass is 381 g/mol. The number of fused-ring (bicyclic) bond motifs is 1. The van der Waals surface area contributed by atoms with Crippen LogP contribution in [0.2, 0.25) is 18.1 Å². The highest BCUT2D eigenvalue weighted by molar-refractivity contribution is 9.10. The molecule has 0 spiro atoms. The van der Waals surface area contributed by atoms with Gasteiger partial charge in [0.1, 0.15) is 6.61 Å². The predicted molar refractivity (Wildman–Crippen MR) is 98.1 cm³/mol. The van der Waals surface area contributed by atoms with Gasteiger partial charge >= 0.3 is 0 Å². The highest BCUT2D eigenvalue weighted by Crippen LogP contribution is 2.36. The summed E-state index contributed by atoms with van der Waals surface area (Å²) in [7, 11) is -1.70. The Labute approximate surface area is 142 Å². The second kappa shape index (κ2) is 6.68. The molecule has 120 valence electrons. The highest BCUT2D eigenvalue weighted by Gasteiger charge is 2.36. The zero-order valence-electron chi connectivity index (χ0n) is 13.9. The van der Waals surface area contributed by atoms with Gasteiger partial charge in [0.25, 0.3) is 0 Å². The van der Waals surface area contributed by atoms with E-state index in [2.05, 4.69) is 54.8 Å². The van der Waals surface area contributed by atoms with Crippen molar-refractivity contribution in [3.63, 3.8) is 0 Å². The molecule has 3 nitrogen and oxygen atoms in total. The topological polar surface area (TPSA) is 31.4 Å². The van der Waals surface area contributed by atoms with Crippen LogP contribution in [0.3, 0.4) is 0 Å². The lowest BCUT2D eigenvalue weighted by molar-refractivity contribution is 0.199. The van der Waals surface area contributed by atoms with Crippen molar-refractivity contribution < 1.29 is 9.16 Å². The number of nitrogens with zero attached hydrogens (tertiary/aromatic N) is 1. The lowest BCUT2D eigenvalue weighted by Gasteiger charge is -2.36. The first-order valence-electron chi connectivity index (χ1n) is 7.52. The number of ether oxygens (including phenoxy) is 1. The van der Waals surface area contributed by atoms with E-state index in [-0.39, 0.29) is 5.04 Å². The smallest absolute Gasteiger partial charge is 0.213 e. The molecule has 0 aliphatic heterocycles. The summed E-state index contributed by atoms with van der Waals surface area (Å²) in [5.41, 5.74) is 0.936. The maximum Gasteiger partial charge on any atom is 0.213 e. The third-order valence-corrected chi connectivity index (χ3v) is 9.26. The molecular formula is C17H24BrNO2Si. The Morgan fingerprint density at radius 3 is 2.50 bits per heavy atom. The van der Waals surface area contributed by atoms with Crippen molar-refractivity contribution in [2.24, 2.45) is 0 Å². The Morgan fingerprint density at radius 2 is 1.82 bits per heavy atom. The van der Waals surface area contributed by atoms with Crippen molar-refractivity contribution in [3.8, 4) is 5.88 Å². The summed E-state index contributed by atoms with van der Waals surface area (Å²) < 4.78 is 12.9. The van der Waals surface area contributed by atoms with Crippen molar-refractivity contribution in [1.82, 2.24) is 4.98 Å². The standard InChI is InChI=1S/C17H24BrNO2Si/c1-17(2,3)22(4,5)21-11-10-20-16-9-6-13-12-14(18)7-8-15(13)19-16/h6-9,12H,10-11H2,1-5H3. The van der Waals surface area contributed by atoms with Gasteiger partial charge in [-0.3, -0.25) is 0 Å². The van der Waals surface area contributed by atoms with E-state index >= 15 is 0 Å². The molecule has 0 bridgehead atoms. The average molecular weight is 382 g/mol. The normalized spacial score (nSPS) is 12.6. The number of benzene rings is 1. The van der Waals surface area contributed by atoms with Crippen LogP contribution in [0.15, 0.2) is 34.8 Å². The third kappa shape index (κ3) is 4.30. The first-order chi connectivity index (χ1) is 10.2. The lowest BCUT2D eigenvalue weighted by atomic mass is 10.2. The van der Waals surface area contributed by atoms with Crippen LogP contribution in [0.1, 0.15) is 20.8 Å². The number of halogens is 1. The second-order valence-corrected chi connectivity index (χ2v) is 12.7. The van der Waals surface area contributed by atoms with E-state index in [1.54, 1.807) is 0 Å². The molecule has 0 N–H and O–H groups in total. The van der Waals surface area contributed by atoms with Crippen molar-refractivity contribution >= 4 is 35.2 Å². The molecule has 1 aromatic carbocycles. The minimum atomic E-state index is -1.70. The van der Waals surface area contributed by atoms with Crippen molar-refractivity contribution in [2.75, 3.05) is 13.2 Å². The molecule has 22 heavy (non-hydrogen) atoms. The van der Waals surface area contributed by atoms with Crippen molar-refractivity contribution in [2.45, 2.75) is 38.9 Å². The zero-order chi connectivity index (χ0) is 16.4. The van der Waals surface area contributed by atoms with Gasteiger partial charge in [-0.25, -0.2) is 4.98 Å². The molecule has 0 fully saturated rings. The van der Waals surface area contributed by atoms with Gasteiger partial charge in [0.05, 0.1) is 12.1 Å². The average Bonchev–Trinajstić information content (AvgIpc) is 2.42. The van der Waals surface area contributed by atoms with Crippen LogP contribution >= 0.6 is 15.9 Å². The SMILES string of the molecule is CC(C)(C)[Si](C)(C)OCCOc1ccc2cc(Br)ccc2n1. The van der Waals surface area contributed by atoms with Gasteiger partial charge in [-0.15, -0.1) is 0 Å². The largest absolute Gasteiger partial charge is 0.475 e. The summed E-state index contributed by atoms with van der Waals surface area (Å²) in [6.45, 7) is 12.4. The third-order valence-electron chi connectivity index (χ3n) is 4.23. The Hall–Kier alpha value is -0.913. The number of pyridine rings is 1. The van der Waals surface area contributed by atoms with E-state index < -0.39 is 8.32 Å². The fraction of sp³-hybridized carbons (Fsp3) is 0.471. The van der Waals surface area contributed by atoms with Gasteiger partial charge in [-0.2, -0.15) is 0 Å². The van der Waals surface area contributed by atoms with Gasteiger partial charge < -0.3 is 9.16 Å². The van der Waals surface area contributed by atoms with E-state index in [0.29, 0.717) is 19.1 Å². The van der Waals surface area contributed by atoms with E-state index in [4.69, 9.17) is 9.16 Å². The minimum absolute atomic E-state index is 0.224. The number of rotatable bonds is 5. The van der Waals surface area contributed by atoms with Crippen molar-refractivity contribution in [3.05, 3.63) is 34.8 Å². The van der Waals surface area contributed by atoms with Crippen LogP contribution in [-0.2, 0) is 4.43 Å². The molecule has 0 atom stereocenters. The van der Waals surface area contributed by atoms with E-state index in [1.165, 1.54) is 0 Å². The van der Waals surface area contributed by atoms with Crippen LogP contribution in [0, 0.1) is 0 Å². The second-order valence-electron chi connectivity index (χ2n) is 6.94. The number of hydrogen-bond donors (Lipinski definition) is 0. The summed E-state index contributed by atoms with van der Waals surface area (Å²) >= 11 is 3.46. The summed E-state index contributed by atoms with van der Waals surface area (Å²) in [5.74, 6) is 0.647. The Bertz CT molecular complexity index is 653. The Balaban J connectivity index is 1.91. The fourth-order valence-corrected chi connectivity index (χ4v) is 3.22. The summed E-state index contributed by atoms with van der Waals surface area (Å²) in [4.78, 5) is 4.51. The quantitative estimate of drug-likeness (QED) is 0.513. The molecule has 2 rings (SSSR count). The lowest BCUT2D eigenvalue weighted by Crippen LogP contribution is -2.41. The molecule has 2 aromatic rings. The van der Waals surface area contributed by atoms with E-state index in [1.807, 2.05) is 30.3 Å². The maximum absolute atomic E-state index is 6.10. The predicted octanol–water partition coefficient (Wildman–Crippen LogP) is 5.40. The van der Waals surface area contributed by atoms with Gasteiger partial charge in [0, 0.05) is 15.9 Å². The zero-order valence-corrected chi connectivity index (χ0v) is 16.5. The van der Waals surface area contributed by atoms with E-state index in [9.17, 15) is 0 Å². The van der Waals surface area contributed by atoms with Crippen LogP contribution in [0.25, 0.3) is 10.9 Å². The maximum atomic E-state index is 6.10. The molecule has 0 saturated heterocycles. The molecule has 0 unspecified atom stereocenters. The van der Waals surface area contributed by atoms with Crippen LogP contribution in [0.5, 0.6) is 5.88 Å². The summed E-state index contributed by atoms with van der Waals surface area (Å²) in [5, 5.41) is 1.32. The Kier molecular flexibility index (Phi) is 5.30. The number of hydrogen-bond acceptors (Lipinski definition) is 3. The van der Waals surface area contributed by atoms with Crippen LogP contribution in [0.4, 0.5) is 0 Å². The number of aromatic nitrogens is 1.